The quantitative estimate of drug-likeness (QED) is 0.776. The van der Waals surface area contributed by atoms with Gasteiger partial charge in [-0.05, 0) is 12.1 Å². The standard InChI is InChI=1S/C9H11N3O2/c1-14-6-4-8-10-9-7(13)3-2-5-12(9)11-8/h2-3,5,13H,4,6H2,1H3. The minimum atomic E-state index is 0.142. The van der Waals surface area contributed by atoms with Crippen molar-refractivity contribution in [1.82, 2.24) is 14.6 Å². The van der Waals surface area contributed by atoms with E-state index in [0.717, 1.165) is 0 Å². The van der Waals surface area contributed by atoms with Crippen LogP contribution in [0.25, 0.3) is 5.65 Å². The van der Waals surface area contributed by atoms with Gasteiger partial charge in [0, 0.05) is 19.7 Å². The van der Waals surface area contributed by atoms with Crippen molar-refractivity contribution in [1.29, 1.82) is 0 Å². The Morgan fingerprint density at radius 1 is 1.57 bits per heavy atom. The highest BCUT2D eigenvalue weighted by molar-refractivity contribution is 5.51. The number of aromatic hydroxyl groups is 1. The summed E-state index contributed by atoms with van der Waals surface area (Å²) in [7, 11) is 1.63. The number of methoxy groups -OCH3 is 1. The van der Waals surface area contributed by atoms with Crippen LogP contribution in [0, 0.1) is 0 Å². The minimum absolute atomic E-state index is 0.142. The summed E-state index contributed by atoms with van der Waals surface area (Å²) in [5.74, 6) is 0.817. The highest BCUT2D eigenvalue weighted by Crippen LogP contribution is 2.14. The lowest BCUT2D eigenvalue weighted by Gasteiger charge is -1.91. The van der Waals surface area contributed by atoms with E-state index < -0.39 is 0 Å². The Kier molecular flexibility index (Phi) is 2.32. The van der Waals surface area contributed by atoms with Gasteiger partial charge in [-0.25, -0.2) is 9.50 Å². The van der Waals surface area contributed by atoms with Crippen LogP contribution in [0.4, 0.5) is 0 Å². The second kappa shape index (κ2) is 3.63. The van der Waals surface area contributed by atoms with Gasteiger partial charge in [-0.1, -0.05) is 0 Å². The molecule has 2 rings (SSSR count). The largest absolute Gasteiger partial charge is 0.504 e. The fraction of sp³-hybridized carbons (Fsp3) is 0.333. The zero-order chi connectivity index (χ0) is 9.97. The van der Waals surface area contributed by atoms with Gasteiger partial charge in [-0.15, -0.1) is 0 Å². The highest BCUT2D eigenvalue weighted by Gasteiger charge is 2.05. The normalized spacial score (nSPS) is 10.9. The van der Waals surface area contributed by atoms with Crippen molar-refractivity contribution in [2.45, 2.75) is 6.42 Å². The predicted molar refractivity (Wildman–Crippen MR) is 50.2 cm³/mol. The van der Waals surface area contributed by atoms with Crippen LogP contribution in [0.2, 0.25) is 0 Å². The molecule has 0 saturated heterocycles. The summed E-state index contributed by atoms with van der Waals surface area (Å²) in [5, 5.41) is 13.6. The van der Waals surface area contributed by atoms with Crippen LogP contribution in [-0.4, -0.2) is 33.4 Å². The molecule has 5 nitrogen and oxygen atoms in total. The molecule has 0 spiro atoms. The van der Waals surface area contributed by atoms with E-state index in [9.17, 15) is 5.11 Å². The van der Waals surface area contributed by atoms with E-state index in [0.29, 0.717) is 24.5 Å². The number of nitrogens with zero attached hydrogens (tertiary/aromatic N) is 3. The first-order valence-electron chi connectivity index (χ1n) is 4.33. The zero-order valence-corrected chi connectivity index (χ0v) is 7.84. The molecule has 0 aliphatic carbocycles. The number of pyridine rings is 1. The number of fused-ring (bicyclic) bond motifs is 1. The molecule has 14 heavy (non-hydrogen) atoms. The van der Waals surface area contributed by atoms with Crippen LogP contribution in [0.15, 0.2) is 18.3 Å². The second-order valence-electron chi connectivity index (χ2n) is 2.93. The van der Waals surface area contributed by atoms with Crippen LogP contribution < -0.4 is 0 Å². The molecule has 0 bridgehead atoms. The molecule has 5 heteroatoms. The van der Waals surface area contributed by atoms with Gasteiger partial charge >= 0.3 is 0 Å². The molecule has 2 aromatic heterocycles. The molecule has 0 fully saturated rings. The lowest BCUT2D eigenvalue weighted by Crippen LogP contribution is -1.96. The summed E-state index contributed by atoms with van der Waals surface area (Å²) in [6.07, 6.45) is 2.40. The number of aromatic nitrogens is 3. The van der Waals surface area contributed by atoms with Gasteiger partial charge in [0.2, 0.25) is 0 Å². The maximum Gasteiger partial charge on any atom is 0.197 e. The predicted octanol–water partition coefficient (Wildman–Crippen LogP) is 0.624. The summed E-state index contributed by atoms with van der Waals surface area (Å²) in [6.45, 7) is 0.581. The SMILES string of the molecule is COCCc1nc2c(O)cccn2n1. The van der Waals surface area contributed by atoms with Crippen LogP contribution >= 0.6 is 0 Å². The smallest absolute Gasteiger partial charge is 0.197 e. The molecule has 0 radical (unpaired) electrons. The fourth-order valence-electron chi connectivity index (χ4n) is 1.24. The van der Waals surface area contributed by atoms with Gasteiger partial charge in [0.15, 0.2) is 17.2 Å². The van der Waals surface area contributed by atoms with Crippen molar-refractivity contribution in [3.05, 3.63) is 24.2 Å². The summed E-state index contributed by atoms with van der Waals surface area (Å²) in [6, 6.07) is 3.31. The van der Waals surface area contributed by atoms with Crippen LogP contribution in [0.3, 0.4) is 0 Å². The number of hydrogen-bond donors (Lipinski definition) is 1. The number of hydrogen-bond acceptors (Lipinski definition) is 4. The molecule has 0 atom stereocenters. The van der Waals surface area contributed by atoms with Crippen molar-refractivity contribution in [2.24, 2.45) is 0 Å². The molecular weight excluding hydrogens is 182 g/mol. The molecule has 0 amide bonds. The molecule has 2 heterocycles. The average Bonchev–Trinajstić information content (AvgIpc) is 2.59. The van der Waals surface area contributed by atoms with Gasteiger partial charge in [0.1, 0.15) is 0 Å². The van der Waals surface area contributed by atoms with E-state index in [1.807, 2.05) is 0 Å². The number of rotatable bonds is 3. The summed E-state index contributed by atoms with van der Waals surface area (Å²) < 4.78 is 6.48. The van der Waals surface area contributed by atoms with Gasteiger partial charge < -0.3 is 9.84 Å². The fourth-order valence-corrected chi connectivity index (χ4v) is 1.24. The van der Waals surface area contributed by atoms with Crippen LogP contribution in [-0.2, 0) is 11.2 Å². The van der Waals surface area contributed by atoms with E-state index >= 15 is 0 Å². The molecule has 0 aromatic carbocycles. The third-order valence-corrected chi connectivity index (χ3v) is 1.92. The molecule has 0 saturated carbocycles. The highest BCUT2D eigenvalue weighted by atomic mass is 16.5. The van der Waals surface area contributed by atoms with Gasteiger partial charge in [-0.3, -0.25) is 0 Å². The van der Waals surface area contributed by atoms with E-state index in [2.05, 4.69) is 10.1 Å². The van der Waals surface area contributed by atoms with Crippen molar-refractivity contribution in [3.63, 3.8) is 0 Å². The number of ether oxygens (including phenoxy) is 1. The summed E-state index contributed by atoms with van der Waals surface area (Å²) in [4.78, 5) is 4.17. The molecular formula is C9H11N3O2. The molecule has 74 valence electrons. The first kappa shape index (κ1) is 8.96. The Morgan fingerprint density at radius 2 is 2.43 bits per heavy atom. The Labute approximate surface area is 81.0 Å². The maximum atomic E-state index is 9.46. The Hall–Kier alpha value is -1.62. The van der Waals surface area contributed by atoms with Gasteiger partial charge in [-0.2, -0.15) is 5.10 Å². The topological polar surface area (TPSA) is 59.7 Å². The summed E-state index contributed by atoms with van der Waals surface area (Å²) in [5.41, 5.74) is 0.485. The monoisotopic (exact) mass is 193 g/mol. The van der Waals surface area contributed by atoms with Crippen LogP contribution in [0.1, 0.15) is 5.82 Å². The second-order valence-corrected chi connectivity index (χ2v) is 2.93. The third kappa shape index (κ3) is 1.54. The first-order chi connectivity index (χ1) is 6.81. The minimum Gasteiger partial charge on any atom is -0.504 e. The van der Waals surface area contributed by atoms with Crippen molar-refractivity contribution >= 4 is 5.65 Å². The molecule has 0 aliphatic heterocycles. The van der Waals surface area contributed by atoms with Crippen molar-refractivity contribution < 1.29 is 9.84 Å². The van der Waals surface area contributed by atoms with Crippen LogP contribution in [0.5, 0.6) is 5.75 Å². The molecule has 0 unspecified atom stereocenters. The van der Waals surface area contributed by atoms with Gasteiger partial charge in [0.25, 0.3) is 0 Å². The molecule has 2 aromatic rings. The van der Waals surface area contributed by atoms with Crippen molar-refractivity contribution in [2.75, 3.05) is 13.7 Å². The Balaban J connectivity index is 2.36. The molecule has 0 aliphatic rings. The Bertz CT molecular complexity index is 439. The lowest BCUT2D eigenvalue weighted by molar-refractivity contribution is 0.200. The zero-order valence-electron chi connectivity index (χ0n) is 7.84. The summed E-state index contributed by atoms with van der Waals surface area (Å²) >= 11 is 0. The van der Waals surface area contributed by atoms with Crippen molar-refractivity contribution in [3.8, 4) is 5.75 Å². The van der Waals surface area contributed by atoms with Gasteiger partial charge in [0.05, 0.1) is 6.61 Å². The Morgan fingerprint density at radius 3 is 3.14 bits per heavy atom. The lowest BCUT2D eigenvalue weighted by atomic mass is 10.4. The third-order valence-electron chi connectivity index (χ3n) is 1.92. The maximum absolute atomic E-state index is 9.46. The van der Waals surface area contributed by atoms with E-state index in [4.69, 9.17) is 4.74 Å². The average molecular weight is 193 g/mol. The van der Waals surface area contributed by atoms with E-state index in [-0.39, 0.29) is 5.75 Å². The van der Waals surface area contributed by atoms with E-state index in [1.54, 1.807) is 30.0 Å². The molecule has 1 N–H and O–H groups in total. The first-order valence-corrected chi connectivity index (χ1v) is 4.33. The van der Waals surface area contributed by atoms with E-state index in [1.165, 1.54) is 0 Å².